The van der Waals surface area contributed by atoms with E-state index < -0.39 is 5.82 Å². The zero-order chi connectivity index (χ0) is 15.4. The van der Waals surface area contributed by atoms with Crippen molar-refractivity contribution in [3.05, 3.63) is 51.9 Å². The van der Waals surface area contributed by atoms with Gasteiger partial charge in [-0.2, -0.15) is 0 Å². The van der Waals surface area contributed by atoms with Crippen LogP contribution in [0.25, 0.3) is 0 Å². The zero-order valence-electron chi connectivity index (χ0n) is 11.7. The van der Waals surface area contributed by atoms with Crippen molar-refractivity contribution in [1.82, 2.24) is 4.98 Å². The lowest BCUT2D eigenvalue weighted by Gasteiger charge is -2.09. The zero-order valence-corrected chi connectivity index (χ0v) is 13.3. The van der Waals surface area contributed by atoms with Gasteiger partial charge < -0.3 is 10.6 Å². The molecule has 2 N–H and O–H groups in total. The van der Waals surface area contributed by atoms with Crippen LogP contribution in [-0.4, -0.2) is 17.9 Å². The first kappa shape index (κ1) is 15.4. The number of nitrogens with zero attached hydrogens (tertiary/aromatic N) is 1. The van der Waals surface area contributed by atoms with E-state index in [-0.39, 0.29) is 11.6 Å². The number of anilines is 2. The molecule has 0 saturated carbocycles. The van der Waals surface area contributed by atoms with E-state index >= 15 is 0 Å². The molecule has 0 radical (unpaired) electrons. The second-order valence-corrected chi connectivity index (χ2v) is 5.33. The average Bonchev–Trinajstić information content (AvgIpc) is 2.50. The van der Waals surface area contributed by atoms with Gasteiger partial charge in [0.05, 0.1) is 5.69 Å². The van der Waals surface area contributed by atoms with Gasteiger partial charge in [0.2, 0.25) is 0 Å². The van der Waals surface area contributed by atoms with Gasteiger partial charge in [-0.1, -0.05) is 22.9 Å². The number of hydrogen-bond donors (Lipinski definition) is 2. The molecule has 0 aliphatic carbocycles. The third kappa shape index (κ3) is 3.78. The summed E-state index contributed by atoms with van der Waals surface area (Å²) in [5, 5.41) is 5.48. The van der Waals surface area contributed by atoms with Gasteiger partial charge in [0, 0.05) is 22.8 Å². The van der Waals surface area contributed by atoms with Crippen LogP contribution < -0.4 is 10.6 Å². The average molecular weight is 352 g/mol. The third-order valence-electron chi connectivity index (χ3n) is 2.94. The summed E-state index contributed by atoms with van der Waals surface area (Å²) in [4.78, 5) is 16.6. The number of carbonyl (C=O) groups excluding carboxylic acids is 1. The summed E-state index contributed by atoms with van der Waals surface area (Å²) in [5.74, 6) is -0.250. The quantitative estimate of drug-likeness (QED) is 0.879. The van der Waals surface area contributed by atoms with Crippen molar-refractivity contribution in [2.45, 2.75) is 13.3 Å². The van der Waals surface area contributed by atoms with Gasteiger partial charge in [0.15, 0.2) is 0 Å². The molecule has 0 atom stereocenters. The van der Waals surface area contributed by atoms with Crippen molar-refractivity contribution in [3.8, 4) is 0 Å². The number of aryl methyl sites for hydroxylation is 1. The molecule has 0 aliphatic rings. The lowest BCUT2D eigenvalue weighted by molar-refractivity contribution is 0.102. The molecule has 110 valence electrons. The monoisotopic (exact) mass is 351 g/mol. The van der Waals surface area contributed by atoms with Crippen LogP contribution in [0.15, 0.2) is 34.8 Å². The summed E-state index contributed by atoms with van der Waals surface area (Å²) in [5.41, 5.74) is 1.36. The fraction of sp³-hybridized carbons (Fsp3) is 0.200. The molecule has 0 aliphatic heterocycles. The Morgan fingerprint density at radius 2 is 2.10 bits per heavy atom. The van der Waals surface area contributed by atoms with Crippen LogP contribution >= 0.6 is 15.9 Å². The van der Waals surface area contributed by atoms with E-state index in [1.807, 2.05) is 6.92 Å². The van der Waals surface area contributed by atoms with Crippen LogP contribution in [0, 0.1) is 5.82 Å². The van der Waals surface area contributed by atoms with E-state index in [1.165, 1.54) is 12.1 Å². The molecule has 1 heterocycles. The van der Waals surface area contributed by atoms with Crippen LogP contribution in [0.1, 0.15) is 23.0 Å². The summed E-state index contributed by atoms with van der Waals surface area (Å²) in [6, 6.07) is 7.72. The Morgan fingerprint density at radius 1 is 1.33 bits per heavy atom. The summed E-state index contributed by atoms with van der Waals surface area (Å²) in [7, 11) is 1.73. The van der Waals surface area contributed by atoms with Crippen molar-refractivity contribution < 1.29 is 9.18 Å². The second kappa shape index (κ2) is 6.67. The molecule has 1 amide bonds. The lowest BCUT2D eigenvalue weighted by Crippen LogP contribution is -2.14. The number of hydrogen-bond acceptors (Lipinski definition) is 3. The predicted octanol–water partition coefficient (Wildman–Crippen LogP) is 3.84. The van der Waals surface area contributed by atoms with E-state index in [4.69, 9.17) is 0 Å². The molecule has 2 rings (SSSR count). The van der Waals surface area contributed by atoms with Crippen LogP contribution in [0.2, 0.25) is 0 Å². The van der Waals surface area contributed by atoms with E-state index in [9.17, 15) is 9.18 Å². The fourth-order valence-corrected chi connectivity index (χ4v) is 2.18. The highest BCUT2D eigenvalue weighted by molar-refractivity contribution is 9.10. The van der Waals surface area contributed by atoms with Crippen LogP contribution in [0.5, 0.6) is 0 Å². The van der Waals surface area contributed by atoms with Crippen LogP contribution in [0.4, 0.5) is 15.9 Å². The number of halogens is 2. The summed E-state index contributed by atoms with van der Waals surface area (Å²) < 4.78 is 14.4. The van der Waals surface area contributed by atoms with Crippen molar-refractivity contribution in [2.75, 3.05) is 17.7 Å². The Labute approximate surface area is 130 Å². The largest absolute Gasteiger partial charge is 0.373 e. The van der Waals surface area contributed by atoms with Gasteiger partial charge in [-0.3, -0.25) is 4.79 Å². The number of benzene rings is 1. The number of amides is 1. The SMILES string of the molecule is CCc1cc(C(=O)Nc2cc(Br)ccc2F)cc(NC)n1. The molecule has 0 spiro atoms. The first-order valence-corrected chi connectivity index (χ1v) is 7.28. The molecule has 4 nitrogen and oxygen atoms in total. The topological polar surface area (TPSA) is 54.0 Å². The van der Waals surface area contributed by atoms with Gasteiger partial charge in [-0.15, -0.1) is 0 Å². The van der Waals surface area contributed by atoms with E-state index in [0.29, 0.717) is 22.3 Å². The Morgan fingerprint density at radius 3 is 2.76 bits per heavy atom. The smallest absolute Gasteiger partial charge is 0.255 e. The first-order valence-electron chi connectivity index (χ1n) is 6.48. The summed E-state index contributed by atoms with van der Waals surface area (Å²) in [6.07, 6.45) is 0.709. The van der Waals surface area contributed by atoms with Crippen molar-refractivity contribution in [1.29, 1.82) is 0 Å². The molecular weight excluding hydrogens is 337 g/mol. The van der Waals surface area contributed by atoms with E-state index in [1.54, 1.807) is 25.2 Å². The minimum atomic E-state index is -0.481. The van der Waals surface area contributed by atoms with Gasteiger partial charge in [-0.05, 0) is 36.8 Å². The van der Waals surface area contributed by atoms with Gasteiger partial charge in [0.25, 0.3) is 5.91 Å². The van der Waals surface area contributed by atoms with Crippen molar-refractivity contribution in [3.63, 3.8) is 0 Å². The first-order chi connectivity index (χ1) is 10.0. The molecule has 0 unspecified atom stereocenters. The number of aromatic nitrogens is 1. The molecule has 0 saturated heterocycles. The summed E-state index contributed by atoms with van der Waals surface area (Å²) in [6.45, 7) is 1.96. The Hall–Kier alpha value is -1.95. The Bertz CT molecular complexity index is 654. The normalized spacial score (nSPS) is 10.3. The van der Waals surface area contributed by atoms with Gasteiger partial charge in [0.1, 0.15) is 11.6 Å². The highest BCUT2D eigenvalue weighted by atomic mass is 79.9. The maximum absolute atomic E-state index is 13.7. The third-order valence-corrected chi connectivity index (χ3v) is 3.43. The fourth-order valence-electron chi connectivity index (χ4n) is 1.82. The standard InChI is InChI=1S/C15H15BrFN3O/c1-3-11-6-9(7-14(18-2)19-11)15(21)20-13-8-10(16)4-5-12(13)17/h4-8H,3H2,1-2H3,(H,18,19)(H,20,21). The molecule has 6 heteroatoms. The van der Waals surface area contributed by atoms with E-state index in [2.05, 4.69) is 31.5 Å². The number of carbonyl (C=O) groups is 1. The summed E-state index contributed by atoms with van der Waals surface area (Å²) >= 11 is 3.25. The maximum atomic E-state index is 13.7. The van der Waals surface area contributed by atoms with Gasteiger partial charge >= 0.3 is 0 Å². The molecule has 0 fully saturated rings. The van der Waals surface area contributed by atoms with Crippen LogP contribution in [0.3, 0.4) is 0 Å². The molecule has 1 aromatic carbocycles. The molecule has 1 aromatic heterocycles. The van der Waals surface area contributed by atoms with Crippen LogP contribution in [-0.2, 0) is 6.42 Å². The highest BCUT2D eigenvalue weighted by Crippen LogP contribution is 2.21. The predicted molar refractivity (Wildman–Crippen MR) is 85.2 cm³/mol. The minimum Gasteiger partial charge on any atom is -0.373 e. The van der Waals surface area contributed by atoms with Crippen molar-refractivity contribution >= 4 is 33.3 Å². The van der Waals surface area contributed by atoms with Crippen molar-refractivity contribution in [2.24, 2.45) is 0 Å². The number of pyridine rings is 1. The van der Waals surface area contributed by atoms with Gasteiger partial charge in [-0.25, -0.2) is 9.37 Å². The maximum Gasteiger partial charge on any atom is 0.255 e. The second-order valence-electron chi connectivity index (χ2n) is 4.41. The number of nitrogens with one attached hydrogen (secondary N) is 2. The minimum absolute atomic E-state index is 0.134. The molecule has 2 aromatic rings. The molecule has 0 bridgehead atoms. The Balaban J connectivity index is 2.29. The lowest BCUT2D eigenvalue weighted by atomic mass is 10.1. The van der Waals surface area contributed by atoms with E-state index in [0.717, 1.165) is 5.69 Å². The number of rotatable bonds is 4. The Kier molecular flexibility index (Phi) is 4.90. The highest BCUT2D eigenvalue weighted by Gasteiger charge is 2.12. The molecular formula is C15H15BrFN3O. The molecule has 21 heavy (non-hydrogen) atoms.